The van der Waals surface area contributed by atoms with Crippen LogP contribution in [0.1, 0.15) is 43.6 Å². The van der Waals surface area contributed by atoms with Crippen molar-refractivity contribution in [3.8, 4) is 5.75 Å². The molecule has 7 heteroatoms. The SMILES string of the molecule is C[C@@H]1Cc2c([nH]c3ccccc23)[C@@H](c2c(F)cc(OCCN)cc2F)N1CC(C)(C)F. The number of benzene rings is 2. The zero-order chi connectivity index (χ0) is 22.3. The molecule has 0 bridgehead atoms. The van der Waals surface area contributed by atoms with Gasteiger partial charge in [-0.1, -0.05) is 18.2 Å². The molecule has 3 aromatic rings. The number of nitrogens with two attached hydrogens (primary N) is 1. The molecular formula is C24H28F3N3O. The van der Waals surface area contributed by atoms with Crippen molar-refractivity contribution in [3.63, 3.8) is 0 Å². The molecule has 166 valence electrons. The van der Waals surface area contributed by atoms with Gasteiger partial charge in [-0.25, -0.2) is 13.2 Å². The Hall–Kier alpha value is -2.51. The topological polar surface area (TPSA) is 54.3 Å². The Morgan fingerprint density at radius 1 is 1.19 bits per heavy atom. The monoisotopic (exact) mass is 431 g/mol. The van der Waals surface area contributed by atoms with E-state index in [0.29, 0.717) is 12.1 Å². The van der Waals surface area contributed by atoms with Gasteiger partial charge < -0.3 is 15.5 Å². The Kier molecular flexibility index (Phi) is 5.75. The molecule has 3 N–H and O–H groups in total. The summed E-state index contributed by atoms with van der Waals surface area (Å²) in [6.45, 7) is 5.37. The van der Waals surface area contributed by atoms with Crippen molar-refractivity contribution in [1.82, 2.24) is 9.88 Å². The van der Waals surface area contributed by atoms with Gasteiger partial charge in [0.15, 0.2) is 0 Å². The molecule has 31 heavy (non-hydrogen) atoms. The number of hydrogen-bond donors (Lipinski definition) is 2. The molecule has 1 aliphatic rings. The van der Waals surface area contributed by atoms with Gasteiger partial charge in [-0.05, 0) is 38.8 Å². The predicted octanol–water partition coefficient (Wildman–Crippen LogP) is 4.87. The fourth-order valence-corrected chi connectivity index (χ4v) is 4.58. The molecule has 4 rings (SSSR count). The summed E-state index contributed by atoms with van der Waals surface area (Å²) in [5.74, 6) is -1.36. The van der Waals surface area contributed by atoms with E-state index >= 15 is 8.78 Å². The number of nitrogens with zero attached hydrogens (tertiary/aromatic N) is 1. The van der Waals surface area contributed by atoms with E-state index in [9.17, 15) is 4.39 Å². The van der Waals surface area contributed by atoms with Gasteiger partial charge in [0, 0.05) is 53.4 Å². The molecule has 0 saturated heterocycles. The van der Waals surface area contributed by atoms with Gasteiger partial charge in [0.1, 0.15) is 29.7 Å². The zero-order valence-electron chi connectivity index (χ0n) is 18.0. The van der Waals surface area contributed by atoms with Crippen LogP contribution in [0.25, 0.3) is 10.9 Å². The Morgan fingerprint density at radius 2 is 1.87 bits per heavy atom. The highest BCUT2D eigenvalue weighted by Crippen LogP contribution is 2.43. The van der Waals surface area contributed by atoms with Crippen LogP contribution < -0.4 is 10.5 Å². The quantitative estimate of drug-likeness (QED) is 0.586. The first kappa shape index (κ1) is 21.7. The van der Waals surface area contributed by atoms with Gasteiger partial charge in [-0.2, -0.15) is 0 Å². The molecule has 2 aromatic carbocycles. The van der Waals surface area contributed by atoms with Crippen LogP contribution in [0.4, 0.5) is 13.2 Å². The Labute approximate surface area is 180 Å². The maximum absolute atomic E-state index is 15.3. The highest BCUT2D eigenvalue weighted by molar-refractivity contribution is 5.85. The fourth-order valence-electron chi connectivity index (χ4n) is 4.58. The molecule has 0 amide bonds. The van der Waals surface area contributed by atoms with E-state index in [1.54, 1.807) is 0 Å². The van der Waals surface area contributed by atoms with Crippen LogP contribution in [0, 0.1) is 11.6 Å². The van der Waals surface area contributed by atoms with Crippen LogP contribution in [-0.4, -0.2) is 41.3 Å². The van der Waals surface area contributed by atoms with E-state index in [0.717, 1.165) is 16.5 Å². The molecule has 1 aromatic heterocycles. The summed E-state index contributed by atoms with van der Waals surface area (Å²) < 4.78 is 50.7. The van der Waals surface area contributed by atoms with E-state index < -0.39 is 23.3 Å². The average molecular weight is 432 g/mol. The van der Waals surface area contributed by atoms with E-state index in [2.05, 4.69) is 4.98 Å². The minimum absolute atomic E-state index is 0.0396. The molecule has 2 atom stereocenters. The third-order valence-electron chi connectivity index (χ3n) is 5.79. The van der Waals surface area contributed by atoms with Crippen molar-refractivity contribution in [2.24, 2.45) is 5.73 Å². The Bertz CT molecular complexity index is 1070. The Morgan fingerprint density at radius 3 is 2.52 bits per heavy atom. The number of para-hydroxylation sites is 1. The van der Waals surface area contributed by atoms with E-state index in [1.807, 2.05) is 36.1 Å². The molecule has 0 aliphatic carbocycles. The van der Waals surface area contributed by atoms with Crippen molar-refractivity contribution in [3.05, 3.63) is 64.9 Å². The lowest BCUT2D eigenvalue weighted by atomic mass is 9.87. The molecule has 0 fully saturated rings. The largest absolute Gasteiger partial charge is 0.492 e. The zero-order valence-corrected chi connectivity index (χ0v) is 18.0. The van der Waals surface area contributed by atoms with E-state index in [-0.39, 0.29) is 37.1 Å². The number of ether oxygens (including phenoxy) is 1. The summed E-state index contributed by atoms with van der Waals surface area (Å²) in [4.78, 5) is 5.21. The number of halogens is 3. The van der Waals surface area contributed by atoms with Crippen molar-refractivity contribution in [2.75, 3.05) is 19.7 Å². The third kappa shape index (κ3) is 4.16. The maximum Gasteiger partial charge on any atom is 0.135 e. The summed E-state index contributed by atoms with van der Waals surface area (Å²) >= 11 is 0. The number of rotatable bonds is 6. The summed E-state index contributed by atoms with van der Waals surface area (Å²) in [6, 6.07) is 9.24. The van der Waals surface area contributed by atoms with Crippen LogP contribution in [0.3, 0.4) is 0 Å². The first-order valence-corrected chi connectivity index (χ1v) is 10.6. The lowest BCUT2D eigenvalue weighted by molar-refractivity contribution is 0.0642. The second-order valence-electron chi connectivity index (χ2n) is 8.85. The molecule has 0 saturated carbocycles. The fraction of sp³-hybridized carbons (Fsp3) is 0.417. The first-order chi connectivity index (χ1) is 14.7. The Balaban J connectivity index is 1.90. The van der Waals surface area contributed by atoms with Gasteiger partial charge in [0.25, 0.3) is 0 Å². The highest BCUT2D eigenvalue weighted by atomic mass is 19.1. The van der Waals surface area contributed by atoms with Gasteiger partial charge in [-0.3, -0.25) is 4.90 Å². The van der Waals surface area contributed by atoms with Crippen molar-refractivity contribution >= 4 is 10.9 Å². The van der Waals surface area contributed by atoms with Crippen LogP contribution in [0.2, 0.25) is 0 Å². The summed E-state index contributed by atoms with van der Waals surface area (Å²) in [5, 5.41) is 1.03. The smallest absolute Gasteiger partial charge is 0.135 e. The summed E-state index contributed by atoms with van der Waals surface area (Å²) in [6.07, 6.45) is 0.660. The number of alkyl halides is 1. The summed E-state index contributed by atoms with van der Waals surface area (Å²) in [5.41, 5.74) is 6.40. The van der Waals surface area contributed by atoms with Gasteiger partial charge in [-0.15, -0.1) is 0 Å². The van der Waals surface area contributed by atoms with Crippen LogP contribution >= 0.6 is 0 Å². The molecule has 0 spiro atoms. The highest BCUT2D eigenvalue weighted by Gasteiger charge is 2.41. The number of aromatic nitrogens is 1. The van der Waals surface area contributed by atoms with Crippen LogP contribution in [0.15, 0.2) is 36.4 Å². The summed E-state index contributed by atoms with van der Waals surface area (Å²) in [7, 11) is 0. The van der Waals surface area contributed by atoms with Crippen LogP contribution in [-0.2, 0) is 6.42 Å². The van der Waals surface area contributed by atoms with Crippen LogP contribution in [0.5, 0.6) is 5.75 Å². The van der Waals surface area contributed by atoms with Crippen molar-refractivity contribution in [1.29, 1.82) is 0 Å². The standard InChI is InChI=1S/C24H28F3N3O/c1-14-10-17-16-6-4-5-7-20(16)29-22(17)23(30(14)13-24(2,3)27)21-18(25)11-15(12-19(21)26)31-9-8-28/h4-7,11-12,14,23,29H,8-10,13,28H2,1-3H3/t14-,23-/m1/s1. The third-order valence-corrected chi connectivity index (χ3v) is 5.79. The molecular weight excluding hydrogens is 403 g/mol. The molecule has 2 heterocycles. The molecule has 0 radical (unpaired) electrons. The molecule has 4 nitrogen and oxygen atoms in total. The number of nitrogens with one attached hydrogen (secondary N) is 1. The number of aromatic amines is 1. The molecule has 0 unspecified atom stereocenters. The second-order valence-corrected chi connectivity index (χ2v) is 8.85. The van der Waals surface area contributed by atoms with Gasteiger partial charge in [0.2, 0.25) is 0 Å². The lowest BCUT2D eigenvalue weighted by Gasteiger charge is -2.43. The van der Waals surface area contributed by atoms with E-state index in [1.165, 1.54) is 26.0 Å². The van der Waals surface area contributed by atoms with E-state index in [4.69, 9.17) is 10.5 Å². The number of fused-ring (bicyclic) bond motifs is 3. The minimum Gasteiger partial charge on any atom is -0.492 e. The van der Waals surface area contributed by atoms with Gasteiger partial charge >= 0.3 is 0 Å². The van der Waals surface area contributed by atoms with Gasteiger partial charge in [0.05, 0.1) is 6.04 Å². The molecule has 1 aliphatic heterocycles. The first-order valence-electron chi connectivity index (χ1n) is 10.6. The number of hydrogen-bond acceptors (Lipinski definition) is 3. The van der Waals surface area contributed by atoms with Crippen molar-refractivity contribution < 1.29 is 17.9 Å². The lowest BCUT2D eigenvalue weighted by Crippen LogP contribution is -2.48. The predicted molar refractivity (Wildman–Crippen MR) is 116 cm³/mol. The normalized spacial score (nSPS) is 19.6. The average Bonchev–Trinajstić information content (AvgIpc) is 3.05. The van der Waals surface area contributed by atoms with Crippen molar-refractivity contribution in [2.45, 2.75) is 44.9 Å². The maximum atomic E-state index is 15.3. The minimum atomic E-state index is -1.53. The number of H-pyrrole nitrogens is 1. The second kappa shape index (κ2) is 8.20.